The maximum atomic E-state index is 6.15. The SMILES string of the molecule is S=C(NCC1(c2ccc(Cl)cc2)CCOCC1)Nc1nc(Oc2ccccc2)cc(N2CCCCC2)n1. The molecule has 2 aliphatic heterocycles. The van der Waals surface area contributed by atoms with Gasteiger partial charge in [-0.05, 0) is 74.2 Å². The molecule has 1 aromatic heterocycles. The van der Waals surface area contributed by atoms with E-state index < -0.39 is 0 Å². The van der Waals surface area contributed by atoms with Crippen molar-refractivity contribution in [2.75, 3.05) is 43.1 Å². The lowest BCUT2D eigenvalue weighted by Crippen LogP contribution is -2.45. The summed E-state index contributed by atoms with van der Waals surface area (Å²) >= 11 is 11.8. The number of ether oxygens (including phenoxy) is 2. The van der Waals surface area contributed by atoms with Crippen molar-refractivity contribution < 1.29 is 9.47 Å². The average molecular weight is 538 g/mol. The molecule has 2 saturated heterocycles. The van der Waals surface area contributed by atoms with E-state index in [1.165, 1.54) is 12.0 Å². The number of nitrogens with one attached hydrogen (secondary N) is 2. The van der Waals surface area contributed by atoms with E-state index >= 15 is 0 Å². The van der Waals surface area contributed by atoms with Crippen LogP contribution in [0.25, 0.3) is 0 Å². The van der Waals surface area contributed by atoms with Crippen LogP contribution in [0.1, 0.15) is 37.7 Å². The van der Waals surface area contributed by atoms with E-state index in [0.29, 0.717) is 36.7 Å². The van der Waals surface area contributed by atoms with Crippen molar-refractivity contribution in [1.82, 2.24) is 15.3 Å². The van der Waals surface area contributed by atoms with E-state index in [1.54, 1.807) is 0 Å². The van der Waals surface area contributed by atoms with Crippen LogP contribution in [0.2, 0.25) is 5.02 Å². The molecule has 194 valence electrons. The lowest BCUT2D eigenvalue weighted by Gasteiger charge is -2.38. The second-order valence-corrected chi connectivity index (χ2v) is 10.4. The van der Waals surface area contributed by atoms with Gasteiger partial charge in [-0.15, -0.1) is 0 Å². The van der Waals surface area contributed by atoms with Gasteiger partial charge in [-0.25, -0.2) is 0 Å². The van der Waals surface area contributed by atoms with Crippen molar-refractivity contribution in [1.29, 1.82) is 0 Å². The molecule has 0 aliphatic carbocycles. The van der Waals surface area contributed by atoms with E-state index in [0.717, 1.165) is 55.4 Å². The molecule has 5 rings (SSSR count). The number of nitrogens with zero attached hydrogens (tertiary/aromatic N) is 3. The largest absolute Gasteiger partial charge is 0.439 e. The lowest BCUT2D eigenvalue weighted by atomic mass is 9.74. The van der Waals surface area contributed by atoms with E-state index in [2.05, 4.69) is 32.7 Å². The van der Waals surface area contributed by atoms with Crippen LogP contribution in [0.3, 0.4) is 0 Å². The quantitative estimate of drug-likeness (QED) is 0.358. The highest BCUT2D eigenvalue weighted by Crippen LogP contribution is 2.35. The van der Waals surface area contributed by atoms with Crippen LogP contribution in [0.4, 0.5) is 11.8 Å². The van der Waals surface area contributed by atoms with Gasteiger partial charge in [0, 0.05) is 49.4 Å². The van der Waals surface area contributed by atoms with E-state index in [-0.39, 0.29) is 5.41 Å². The van der Waals surface area contributed by atoms with Crippen molar-refractivity contribution >= 4 is 40.7 Å². The molecule has 3 aromatic rings. The first-order valence-corrected chi connectivity index (χ1v) is 13.6. The Morgan fingerprint density at radius 2 is 1.73 bits per heavy atom. The standard InChI is InChI=1S/C28H32ClN5O2S/c29-22-11-9-21(10-12-22)28(13-17-35-18-14-28)20-30-27(37)33-26-31-24(34-15-5-2-6-16-34)19-25(32-26)36-23-7-3-1-4-8-23/h1,3-4,7-12,19H,2,5-6,13-18,20H2,(H2,30,31,32,33,37). The smallest absolute Gasteiger partial charge is 0.234 e. The highest BCUT2D eigenvalue weighted by atomic mass is 35.5. The van der Waals surface area contributed by atoms with Crippen LogP contribution in [0.15, 0.2) is 60.7 Å². The summed E-state index contributed by atoms with van der Waals surface area (Å²) in [5.41, 5.74) is 1.14. The number of benzene rings is 2. The van der Waals surface area contributed by atoms with Crippen molar-refractivity contribution in [3.8, 4) is 11.6 Å². The Hall–Kier alpha value is -2.94. The van der Waals surface area contributed by atoms with Gasteiger partial charge in [-0.3, -0.25) is 0 Å². The number of para-hydroxylation sites is 1. The van der Waals surface area contributed by atoms with Crippen molar-refractivity contribution in [3.63, 3.8) is 0 Å². The third kappa shape index (κ3) is 6.69. The van der Waals surface area contributed by atoms with Crippen molar-refractivity contribution in [3.05, 3.63) is 71.2 Å². The number of hydrogen-bond donors (Lipinski definition) is 2. The fraction of sp³-hybridized carbons (Fsp3) is 0.393. The molecule has 0 unspecified atom stereocenters. The van der Waals surface area contributed by atoms with Gasteiger partial charge in [-0.1, -0.05) is 41.9 Å². The zero-order valence-electron chi connectivity index (χ0n) is 20.8. The molecule has 7 nitrogen and oxygen atoms in total. The fourth-order valence-corrected chi connectivity index (χ4v) is 5.23. The van der Waals surface area contributed by atoms with E-state index in [1.807, 2.05) is 48.5 Å². The summed E-state index contributed by atoms with van der Waals surface area (Å²) in [7, 11) is 0. The molecule has 37 heavy (non-hydrogen) atoms. The minimum Gasteiger partial charge on any atom is -0.439 e. The van der Waals surface area contributed by atoms with Crippen LogP contribution in [-0.4, -0.2) is 47.9 Å². The number of piperidine rings is 1. The van der Waals surface area contributed by atoms with Gasteiger partial charge in [0.25, 0.3) is 0 Å². The maximum Gasteiger partial charge on any atom is 0.234 e. The molecule has 2 N–H and O–H groups in total. The number of halogens is 1. The molecule has 0 radical (unpaired) electrons. The number of anilines is 2. The Bertz CT molecular complexity index is 1180. The van der Waals surface area contributed by atoms with Gasteiger partial charge < -0.3 is 25.0 Å². The predicted octanol–water partition coefficient (Wildman–Crippen LogP) is 5.95. The van der Waals surface area contributed by atoms with Crippen LogP contribution >= 0.6 is 23.8 Å². The zero-order valence-corrected chi connectivity index (χ0v) is 22.4. The molecular weight excluding hydrogens is 506 g/mol. The Labute approximate surface area is 228 Å². The highest BCUT2D eigenvalue weighted by molar-refractivity contribution is 7.80. The molecule has 9 heteroatoms. The first kappa shape index (κ1) is 25.7. The van der Waals surface area contributed by atoms with Crippen molar-refractivity contribution in [2.24, 2.45) is 0 Å². The lowest BCUT2D eigenvalue weighted by molar-refractivity contribution is 0.0515. The molecule has 0 spiro atoms. The van der Waals surface area contributed by atoms with Gasteiger partial charge >= 0.3 is 0 Å². The summed E-state index contributed by atoms with van der Waals surface area (Å²) in [5, 5.41) is 7.83. The number of hydrogen-bond acceptors (Lipinski definition) is 6. The number of rotatable bonds is 7. The highest BCUT2D eigenvalue weighted by Gasteiger charge is 2.34. The van der Waals surface area contributed by atoms with Crippen LogP contribution < -0.4 is 20.3 Å². The van der Waals surface area contributed by atoms with Crippen LogP contribution in [0.5, 0.6) is 11.6 Å². The monoisotopic (exact) mass is 537 g/mol. The summed E-state index contributed by atoms with van der Waals surface area (Å²) in [6.45, 7) is 4.03. The maximum absolute atomic E-state index is 6.15. The number of thiocarbonyl (C=S) groups is 1. The molecule has 0 amide bonds. The topological polar surface area (TPSA) is 71.5 Å². The van der Waals surface area contributed by atoms with Crippen LogP contribution in [-0.2, 0) is 10.2 Å². The van der Waals surface area contributed by atoms with Gasteiger partial charge in [0.2, 0.25) is 11.8 Å². The molecule has 2 aromatic carbocycles. The molecule has 3 heterocycles. The van der Waals surface area contributed by atoms with Gasteiger partial charge in [-0.2, -0.15) is 9.97 Å². The molecule has 0 saturated carbocycles. The Balaban J connectivity index is 1.32. The molecular formula is C28H32ClN5O2S. The van der Waals surface area contributed by atoms with Gasteiger partial charge in [0.15, 0.2) is 5.11 Å². The first-order chi connectivity index (χ1) is 18.1. The Morgan fingerprint density at radius 1 is 1.00 bits per heavy atom. The zero-order chi connectivity index (χ0) is 25.5. The van der Waals surface area contributed by atoms with Gasteiger partial charge in [0.05, 0.1) is 0 Å². The third-order valence-corrected chi connectivity index (χ3v) is 7.55. The first-order valence-electron chi connectivity index (χ1n) is 12.9. The predicted molar refractivity (Wildman–Crippen MR) is 152 cm³/mol. The minimum atomic E-state index is -0.0906. The Kier molecular flexibility index (Phi) is 8.38. The Morgan fingerprint density at radius 3 is 2.46 bits per heavy atom. The van der Waals surface area contributed by atoms with Crippen molar-refractivity contribution in [2.45, 2.75) is 37.5 Å². The number of aromatic nitrogens is 2. The van der Waals surface area contributed by atoms with E-state index in [4.69, 9.17) is 38.3 Å². The average Bonchev–Trinajstić information content (AvgIpc) is 2.94. The third-order valence-electron chi connectivity index (χ3n) is 7.05. The summed E-state index contributed by atoms with van der Waals surface area (Å²) in [6, 6.07) is 19.6. The summed E-state index contributed by atoms with van der Waals surface area (Å²) in [4.78, 5) is 11.7. The summed E-state index contributed by atoms with van der Waals surface area (Å²) in [5.74, 6) is 2.46. The molecule has 2 aliphatic rings. The fourth-order valence-electron chi connectivity index (χ4n) is 4.94. The van der Waals surface area contributed by atoms with Crippen LogP contribution in [0, 0.1) is 0 Å². The second-order valence-electron chi connectivity index (χ2n) is 9.56. The van der Waals surface area contributed by atoms with Gasteiger partial charge in [0.1, 0.15) is 11.6 Å². The summed E-state index contributed by atoms with van der Waals surface area (Å²) in [6.07, 6.45) is 5.35. The normalized spacial score (nSPS) is 17.2. The molecule has 0 bridgehead atoms. The minimum absolute atomic E-state index is 0.0906. The molecule has 0 atom stereocenters. The second kappa shape index (κ2) is 12.1. The van der Waals surface area contributed by atoms with E-state index in [9.17, 15) is 0 Å². The summed E-state index contributed by atoms with van der Waals surface area (Å²) < 4.78 is 11.7. The molecule has 2 fully saturated rings.